The maximum Gasteiger partial charge on any atom is 0.230 e. The van der Waals surface area contributed by atoms with Gasteiger partial charge >= 0.3 is 0 Å². The fraction of sp³-hybridized carbons (Fsp3) is 0.571. The molecule has 7 nitrogen and oxygen atoms in total. The van der Waals surface area contributed by atoms with Crippen molar-refractivity contribution in [3.05, 3.63) is 10.7 Å². The zero-order valence-electron chi connectivity index (χ0n) is 13.8. The number of aromatic nitrogens is 3. The van der Waals surface area contributed by atoms with E-state index in [1.807, 2.05) is 21.0 Å². The number of ketones is 1. The van der Waals surface area contributed by atoms with E-state index in [0.717, 1.165) is 18.2 Å². The molecule has 0 saturated heterocycles. The molecule has 0 aromatic carbocycles. The molecule has 0 saturated carbocycles. The summed E-state index contributed by atoms with van der Waals surface area (Å²) in [6.07, 6.45) is 0.930. The number of carbonyl (C=O) groups excluding carboxylic acids is 1. The van der Waals surface area contributed by atoms with Crippen LogP contribution in [0.3, 0.4) is 0 Å². The molecular weight excluding hydrogens is 302 g/mol. The second-order valence-corrected chi connectivity index (χ2v) is 6.14. The molecule has 0 bridgehead atoms. The van der Waals surface area contributed by atoms with Crippen LogP contribution in [0.5, 0.6) is 0 Å². The van der Waals surface area contributed by atoms with Crippen molar-refractivity contribution in [2.45, 2.75) is 45.3 Å². The highest BCUT2D eigenvalue weighted by atomic mass is 32.2. The van der Waals surface area contributed by atoms with Gasteiger partial charge in [-0.1, -0.05) is 6.92 Å². The number of thioether (sulfide) groups is 1. The van der Waals surface area contributed by atoms with E-state index in [1.54, 1.807) is 4.90 Å². The number of hydrogen-bond acceptors (Lipinski definition) is 8. The average molecular weight is 325 g/mol. The van der Waals surface area contributed by atoms with Crippen molar-refractivity contribution < 1.29 is 9.90 Å². The van der Waals surface area contributed by atoms with Crippen molar-refractivity contribution in [2.75, 3.05) is 24.3 Å². The maximum atomic E-state index is 11.6. The Morgan fingerprint density at radius 2 is 1.95 bits per heavy atom. The van der Waals surface area contributed by atoms with Gasteiger partial charge in [-0.05, 0) is 39.0 Å². The summed E-state index contributed by atoms with van der Waals surface area (Å²) in [5, 5.41) is 13.2. The summed E-state index contributed by atoms with van der Waals surface area (Å²) in [6, 6.07) is 0.220. The Morgan fingerprint density at radius 1 is 1.32 bits per heavy atom. The molecule has 1 aromatic rings. The van der Waals surface area contributed by atoms with Crippen LogP contribution in [0.1, 0.15) is 34.1 Å². The Hall–Kier alpha value is -1.83. The third kappa shape index (κ3) is 5.18. The number of aliphatic hydroxyl groups excluding tert-OH is 1. The van der Waals surface area contributed by atoms with Crippen LogP contribution in [0.4, 0.5) is 11.9 Å². The van der Waals surface area contributed by atoms with Gasteiger partial charge in [0, 0.05) is 20.1 Å². The fourth-order valence-electron chi connectivity index (χ4n) is 1.47. The van der Waals surface area contributed by atoms with Crippen molar-refractivity contribution in [1.29, 1.82) is 0 Å². The molecule has 8 heteroatoms. The number of nitrogens with zero attached hydrogens (tertiary/aromatic N) is 4. The van der Waals surface area contributed by atoms with Gasteiger partial charge in [-0.15, -0.1) is 0 Å². The molecule has 1 aromatic heterocycles. The zero-order chi connectivity index (χ0) is 16.9. The van der Waals surface area contributed by atoms with Gasteiger partial charge in [-0.2, -0.15) is 15.0 Å². The van der Waals surface area contributed by atoms with E-state index in [2.05, 4.69) is 27.2 Å². The Kier molecular flexibility index (Phi) is 6.61. The van der Waals surface area contributed by atoms with E-state index in [4.69, 9.17) is 0 Å². The second-order valence-electron chi connectivity index (χ2n) is 5.16. The second kappa shape index (κ2) is 7.98. The minimum Gasteiger partial charge on any atom is -0.511 e. The predicted octanol–water partition coefficient (Wildman–Crippen LogP) is 2.62. The molecule has 22 heavy (non-hydrogen) atoms. The molecule has 1 atom stereocenters. The van der Waals surface area contributed by atoms with Gasteiger partial charge in [-0.3, -0.25) is 4.79 Å². The Bertz CT molecular complexity index is 570. The Morgan fingerprint density at radius 3 is 2.41 bits per heavy atom. The molecule has 0 spiro atoms. The number of anilines is 2. The van der Waals surface area contributed by atoms with Crippen LogP contribution >= 0.6 is 11.8 Å². The van der Waals surface area contributed by atoms with Crippen LogP contribution < -0.4 is 10.2 Å². The predicted molar refractivity (Wildman–Crippen MR) is 89.4 cm³/mol. The third-order valence-corrected chi connectivity index (χ3v) is 3.98. The summed E-state index contributed by atoms with van der Waals surface area (Å²) in [7, 11) is 3.66. The van der Waals surface area contributed by atoms with Crippen LogP contribution in [0.2, 0.25) is 0 Å². The lowest BCUT2D eigenvalue weighted by molar-refractivity contribution is -0.113. The summed E-state index contributed by atoms with van der Waals surface area (Å²) in [6.45, 7) is 6.96. The minimum atomic E-state index is -0.228. The molecule has 122 valence electrons. The molecule has 1 rings (SSSR count). The largest absolute Gasteiger partial charge is 0.511 e. The molecule has 0 radical (unpaired) electrons. The van der Waals surface area contributed by atoms with Crippen LogP contribution in [0, 0.1) is 0 Å². The zero-order valence-corrected chi connectivity index (χ0v) is 14.7. The Labute approximate surface area is 135 Å². The number of nitrogens with one attached hydrogen (secondary N) is 1. The molecule has 1 heterocycles. The quantitative estimate of drug-likeness (QED) is 0.449. The van der Waals surface area contributed by atoms with Crippen molar-refractivity contribution in [3.8, 4) is 0 Å². The first-order chi connectivity index (χ1) is 10.2. The number of hydrogen-bond donors (Lipinski definition) is 2. The minimum absolute atomic E-state index is 0.0410. The lowest BCUT2D eigenvalue weighted by Crippen LogP contribution is -2.19. The van der Waals surface area contributed by atoms with Crippen LogP contribution in [0.25, 0.3) is 0 Å². The van der Waals surface area contributed by atoms with E-state index < -0.39 is 0 Å². The summed E-state index contributed by atoms with van der Waals surface area (Å²) >= 11 is 1.04. The number of rotatable bonds is 7. The van der Waals surface area contributed by atoms with E-state index in [0.29, 0.717) is 17.1 Å². The van der Waals surface area contributed by atoms with Gasteiger partial charge in [0.05, 0.1) is 4.91 Å². The molecule has 0 amide bonds. The van der Waals surface area contributed by atoms with Crippen molar-refractivity contribution in [3.63, 3.8) is 0 Å². The van der Waals surface area contributed by atoms with Gasteiger partial charge in [0.25, 0.3) is 0 Å². The monoisotopic (exact) mass is 325 g/mol. The van der Waals surface area contributed by atoms with Gasteiger partial charge < -0.3 is 15.3 Å². The van der Waals surface area contributed by atoms with Crippen molar-refractivity contribution in [2.24, 2.45) is 0 Å². The molecule has 0 unspecified atom stereocenters. The molecule has 2 N–H and O–H groups in total. The maximum absolute atomic E-state index is 11.6. The highest BCUT2D eigenvalue weighted by Gasteiger charge is 2.16. The molecule has 0 aliphatic carbocycles. The molecule has 0 aliphatic rings. The van der Waals surface area contributed by atoms with Crippen LogP contribution in [-0.4, -0.2) is 46.0 Å². The SMILES string of the molecule is CC[C@@H](C)Nc1nc(S/C(C(C)=O)=C(\C)O)nc(N(C)C)n1. The highest BCUT2D eigenvalue weighted by Crippen LogP contribution is 2.28. The number of allylic oxidation sites excluding steroid dienone is 2. The third-order valence-electron chi connectivity index (χ3n) is 2.83. The topological polar surface area (TPSA) is 91.2 Å². The van der Waals surface area contributed by atoms with Gasteiger partial charge in [0.1, 0.15) is 5.76 Å². The summed E-state index contributed by atoms with van der Waals surface area (Å²) in [5.74, 6) is 0.671. The standard InChI is InChI=1S/C14H23N5O2S/c1-7-8(2)15-12-16-13(19(5)6)18-14(17-12)22-11(9(3)20)10(4)21/h8,20H,7H2,1-6H3,(H,15,16,17,18)/b11-9+/t8-/m1/s1. The number of Topliss-reactive ketones (excluding diaryl/α,β-unsaturated/α-hetero) is 1. The van der Waals surface area contributed by atoms with Crippen LogP contribution in [0.15, 0.2) is 15.8 Å². The lowest BCUT2D eigenvalue weighted by Gasteiger charge is -2.16. The van der Waals surface area contributed by atoms with Gasteiger partial charge in [-0.25, -0.2) is 0 Å². The fourth-order valence-corrected chi connectivity index (χ4v) is 2.20. The van der Waals surface area contributed by atoms with Gasteiger partial charge in [0.15, 0.2) is 10.9 Å². The first-order valence-electron chi connectivity index (χ1n) is 7.03. The summed E-state index contributed by atoms with van der Waals surface area (Å²) in [5.41, 5.74) is 0. The van der Waals surface area contributed by atoms with E-state index in [-0.39, 0.29) is 22.5 Å². The van der Waals surface area contributed by atoms with Gasteiger partial charge in [0.2, 0.25) is 11.9 Å². The summed E-state index contributed by atoms with van der Waals surface area (Å²) in [4.78, 5) is 26.5. The number of carbonyl (C=O) groups is 1. The average Bonchev–Trinajstić information content (AvgIpc) is 2.43. The summed E-state index contributed by atoms with van der Waals surface area (Å²) < 4.78 is 0. The van der Waals surface area contributed by atoms with E-state index >= 15 is 0 Å². The Balaban J connectivity index is 3.18. The van der Waals surface area contributed by atoms with Crippen molar-refractivity contribution in [1.82, 2.24) is 15.0 Å². The first kappa shape index (κ1) is 18.2. The smallest absolute Gasteiger partial charge is 0.230 e. The first-order valence-corrected chi connectivity index (χ1v) is 7.84. The van der Waals surface area contributed by atoms with Crippen molar-refractivity contribution >= 4 is 29.4 Å². The van der Waals surface area contributed by atoms with E-state index in [1.165, 1.54) is 13.8 Å². The van der Waals surface area contributed by atoms with E-state index in [9.17, 15) is 9.90 Å². The molecule has 0 aliphatic heterocycles. The molecular formula is C14H23N5O2S. The molecule has 0 fully saturated rings. The highest BCUT2D eigenvalue weighted by molar-refractivity contribution is 8.03. The lowest BCUT2D eigenvalue weighted by atomic mass is 10.3. The number of aliphatic hydroxyl groups is 1. The normalized spacial score (nSPS) is 13.4. The van der Waals surface area contributed by atoms with Crippen LogP contribution in [-0.2, 0) is 4.79 Å².